The Labute approximate surface area is 210 Å². The smallest absolute Gasteiger partial charge is 0.145 e. The number of imidazole rings is 1. The first-order valence-corrected chi connectivity index (χ1v) is 12.4. The van der Waals surface area contributed by atoms with Gasteiger partial charge in [-0.3, -0.25) is 4.84 Å². The predicted octanol–water partition coefficient (Wildman–Crippen LogP) is 2.58. The van der Waals surface area contributed by atoms with Gasteiger partial charge in [0.1, 0.15) is 29.7 Å². The van der Waals surface area contributed by atoms with Crippen molar-refractivity contribution in [1.82, 2.24) is 29.6 Å². The number of hydrogen-bond donors (Lipinski definition) is 4. The molecule has 0 unspecified atom stereocenters. The molecule has 192 valence electrons. The molecule has 10 nitrogen and oxygen atoms in total. The van der Waals surface area contributed by atoms with E-state index in [0.717, 1.165) is 22.2 Å². The SMILES string of the molecule is CN(C[C@H]1C[C@@H](n2ccc3c(N)ncnc32)[C@H](O)[C@@H]1O)OCCc1nc2ccc(C(C)(C)C)cc2[nH]1. The van der Waals surface area contributed by atoms with Gasteiger partial charge in [-0.25, -0.2) is 15.0 Å². The topological polar surface area (TPSA) is 138 Å². The van der Waals surface area contributed by atoms with Crippen molar-refractivity contribution in [2.45, 2.75) is 57.3 Å². The average molecular weight is 494 g/mol. The van der Waals surface area contributed by atoms with Gasteiger partial charge in [0.25, 0.3) is 0 Å². The Balaban J connectivity index is 1.17. The van der Waals surface area contributed by atoms with E-state index in [9.17, 15) is 10.2 Å². The number of nitrogens with two attached hydrogens (primary N) is 1. The van der Waals surface area contributed by atoms with Gasteiger partial charge in [0.2, 0.25) is 0 Å². The summed E-state index contributed by atoms with van der Waals surface area (Å²) >= 11 is 0. The van der Waals surface area contributed by atoms with Gasteiger partial charge < -0.3 is 25.5 Å². The average Bonchev–Trinajstić information content (AvgIpc) is 3.50. The molecule has 1 aliphatic rings. The quantitative estimate of drug-likeness (QED) is 0.288. The van der Waals surface area contributed by atoms with Crippen LogP contribution in [0.4, 0.5) is 5.82 Å². The van der Waals surface area contributed by atoms with E-state index in [1.807, 2.05) is 23.9 Å². The maximum Gasteiger partial charge on any atom is 0.145 e. The molecule has 0 radical (unpaired) electrons. The zero-order valence-corrected chi connectivity index (χ0v) is 21.2. The van der Waals surface area contributed by atoms with Crippen molar-refractivity contribution in [2.75, 3.05) is 25.9 Å². The summed E-state index contributed by atoms with van der Waals surface area (Å²) in [5, 5.41) is 24.0. The van der Waals surface area contributed by atoms with Crippen LogP contribution < -0.4 is 5.73 Å². The summed E-state index contributed by atoms with van der Waals surface area (Å²) in [5.74, 6) is 1.12. The van der Waals surface area contributed by atoms with Gasteiger partial charge in [-0.15, -0.1) is 0 Å². The van der Waals surface area contributed by atoms with Gasteiger partial charge in [0.15, 0.2) is 0 Å². The Bertz CT molecular complexity index is 1360. The van der Waals surface area contributed by atoms with E-state index < -0.39 is 12.2 Å². The van der Waals surface area contributed by atoms with E-state index in [1.165, 1.54) is 11.9 Å². The van der Waals surface area contributed by atoms with Gasteiger partial charge in [0, 0.05) is 32.1 Å². The molecule has 3 heterocycles. The van der Waals surface area contributed by atoms with Crippen LogP contribution in [0.2, 0.25) is 0 Å². The summed E-state index contributed by atoms with van der Waals surface area (Å²) in [6.07, 6.45) is 2.70. The summed E-state index contributed by atoms with van der Waals surface area (Å²) in [4.78, 5) is 22.3. The maximum absolute atomic E-state index is 10.8. The zero-order chi connectivity index (χ0) is 25.6. The lowest BCUT2D eigenvalue weighted by Crippen LogP contribution is -2.34. The molecular weight excluding hydrogens is 458 g/mol. The van der Waals surface area contributed by atoms with E-state index >= 15 is 0 Å². The van der Waals surface area contributed by atoms with E-state index in [4.69, 9.17) is 10.6 Å². The lowest BCUT2D eigenvalue weighted by Gasteiger charge is -2.22. The monoisotopic (exact) mass is 493 g/mol. The number of hydroxylamine groups is 2. The highest BCUT2D eigenvalue weighted by Crippen LogP contribution is 2.38. The van der Waals surface area contributed by atoms with Crippen molar-refractivity contribution in [3.63, 3.8) is 0 Å². The highest BCUT2D eigenvalue weighted by Gasteiger charge is 2.43. The number of nitrogen functional groups attached to an aromatic ring is 1. The molecule has 1 fully saturated rings. The molecule has 4 atom stereocenters. The van der Waals surface area contributed by atoms with Gasteiger partial charge >= 0.3 is 0 Å². The molecule has 1 aromatic carbocycles. The second kappa shape index (κ2) is 9.44. The third kappa shape index (κ3) is 4.69. The number of fused-ring (bicyclic) bond motifs is 2. The minimum Gasteiger partial charge on any atom is -0.390 e. The molecule has 5 N–H and O–H groups in total. The van der Waals surface area contributed by atoms with Crippen molar-refractivity contribution in [3.8, 4) is 0 Å². The van der Waals surface area contributed by atoms with Crippen LogP contribution in [0.3, 0.4) is 0 Å². The first kappa shape index (κ1) is 24.6. The molecule has 5 rings (SSSR count). The first-order chi connectivity index (χ1) is 17.1. The van der Waals surface area contributed by atoms with Crippen LogP contribution in [0, 0.1) is 5.92 Å². The predicted molar refractivity (Wildman–Crippen MR) is 138 cm³/mol. The number of hydrogen-bond acceptors (Lipinski definition) is 8. The fourth-order valence-corrected chi connectivity index (χ4v) is 5.14. The molecule has 1 saturated carbocycles. The number of aliphatic hydroxyl groups is 2. The number of rotatable bonds is 7. The third-order valence-corrected chi connectivity index (χ3v) is 7.21. The van der Waals surface area contributed by atoms with Gasteiger partial charge in [-0.2, -0.15) is 5.06 Å². The molecule has 0 aliphatic heterocycles. The van der Waals surface area contributed by atoms with Crippen LogP contribution in [0.1, 0.15) is 44.6 Å². The lowest BCUT2D eigenvalue weighted by molar-refractivity contribution is -0.153. The van der Waals surface area contributed by atoms with Crippen LogP contribution in [-0.4, -0.2) is 72.2 Å². The number of aromatic amines is 1. The van der Waals surface area contributed by atoms with Crippen molar-refractivity contribution < 1.29 is 15.1 Å². The number of aromatic nitrogens is 5. The third-order valence-electron chi connectivity index (χ3n) is 7.21. The van der Waals surface area contributed by atoms with E-state index in [1.54, 1.807) is 5.06 Å². The van der Waals surface area contributed by atoms with Gasteiger partial charge in [-0.1, -0.05) is 26.8 Å². The van der Waals surface area contributed by atoms with Gasteiger partial charge in [-0.05, 0) is 35.6 Å². The summed E-state index contributed by atoms with van der Waals surface area (Å²) in [6.45, 7) is 7.53. The Hall–Kier alpha value is -3.05. The summed E-state index contributed by atoms with van der Waals surface area (Å²) in [5.41, 5.74) is 9.94. The highest BCUT2D eigenvalue weighted by atomic mass is 16.7. The second-order valence-corrected chi connectivity index (χ2v) is 10.8. The van der Waals surface area contributed by atoms with Crippen LogP contribution in [0.5, 0.6) is 0 Å². The molecular formula is C26H35N7O3. The molecule has 0 bridgehead atoms. The standard InChI is InChI=1S/C26H35N7O3/c1-26(2,3)16-5-6-18-19(12-16)31-21(30-18)8-10-36-32(4)13-15-11-20(23(35)22(15)34)33-9-7-17-24(27)28-14-29-25(17)33/h5-7,9,12,14-15,20,22-23,34-35H,8,10-11,13H2,1-4H3,(H,30,31)(H2,27,28,29)/t15-,20-,22-,23+/m1/s1. The summed E-state index contributed by atoms with van der Waals surface area (Å²) in [6, 6.07) is 7.88. The van der Waals surface area contributed by atoms with Crippen LogP contribution >= 0.6 is 0 Å². The molecule has 4 aromatic rings. The Kier molecular flexibility index (Phi) is 6.46. The second-order valence-electron chi connectivity index (χ2n) is 10.8. The van der Waals surface area contributed by atoms with Crippen LogP contribution in [0.15, 0.2) is 36.8 Å². The van der Waals surface area contributed by atoms with E-state index in [2.05, 4.69) is 58.9 Å². The molecule has 0 spiro atoms. The number of benzene rings is 1. The minimum absolute atomic E-state index is 0.0816. The molecule has 36 heavy (non-hydrogen) atoms. The number of anilines is 1. The number of H-pyrrole nitrogens is 1. The Morgan fingerprint density at radius 1 is 1.19 bits per heavy atom. The Morgan fingerprint density at radius 3 is 2.78 bits per heavy atom. The first-order valence-electron chi connectivity index (χ1n) is 12.4. The van der Waals surface area contributed by atoms with Gasteiger partial charge in [0.05, 0.1) is 35.2 Å². The number of aliphatic hydroxyl groups excluding tert-OH is 2. The zero-order valence-electron chi connectivity index (χ0n) is 21.2. The van der Waals surface area contributed by atoms with Crippen molar-refractivity contribution in [1.29, 1.82) is 0 Å². The normalized spacial score (nSPS) is 22.9. The summed E-state index contributed by atoms with van der Waals surface area (Å²) in [7, 11) is 1.85. The van der Waals surface area contributed by atoms with E-state index in [0.29, 0.717) is 37.5 Å². The molecule has 1 aliphatic carbocycles. The fourth-order valence-electron chi connectivity index (χ4n) is 5.14. The van der Waals surface area contributed by atoms with Crippen molar-refractivity contribution >= 4 is 27.9 Å². The Morgan fingerprint density at radius 2 is 2.00 bits per heavy atom. The van der Waals surface area contributed by atoms with Crippen molar-refractivity contribution in [3.05, 3.63) is 48.2 Å². The van der Waals surface area contributed by atoms with Crippen molar-refractivity contribution in [2.24, 2.45) is 5.92 Å². The molecule has 0 saturated heterocycles. The highest BCUT2D eigenvalue weighted by molar-refractivity contribution is 5.86. The molecule has 0 amide bonds. The number of nitrogens with zero attached hydrogens (tertiary/aromatic N) is 5. The molecule has 3 aromatic heterocycles. The lowest BCUT2D eigenvalue weighted by atomic mass is 9.87. The number of nitrogens with one attached hydrogen (secondary N) is 1. The van der Waals surface area contributed by atoms with Crippen LogP contribution in [-0.2, 0) is 16.7 Å². The minimum atomic E-state index is -0.913. The fraction of sp³-hybridized carbons (Fsp3) is 0.500. The van der Waals surface area contributed by atoms with Crippen LogP contribution in [0.25, 0.3) is 22.1 Å². The van der Waals surface area contributed by atoms with E-state index in [-0.39, 0.29) is 17.4 Å². The summed E-state index contributed by atoms with van der Waals surface area (Å²) < 4.78 is 1.88. The molecule has 10 heteroatoms. The maximum atomic E-state index is 10.8. The largest absolute Gasteiger partial charge is 0.390 e.